The van der Waals surface area contributed by atoms with Crippen LogP contribution in [0.3, 0.4) is 0 Å². The summed E-state index contributed by atoms with van der Waals surface area (Å²) in [6, 6.07) is 7.21. The van der Waals surface area contributed by atoms with Crippen LogP contribution in [-0.4, -0.2) is 25.8 Å². The van der Waals surface area contributed by atoms with E-state index in [4.69, 9.17) is 11.6 Å². The summed E-state index contributed by atoms with van der Waals surface area (Å²) in [7, 11) is 0. The summed E-state index contributed by atoms with van der Waals surface area (Å²) in [5, 5.41) is 3.56. The number of alkyl halides is 1. The molecule has 0 atom stereocenters. The fourth-order valence-corrected chi connectivity index (χ4v) is 2.37. The molecule has 0 aliphatic rings. The summed E-state index contributed by atoms with van der Waals surface area (Å²) in [5.41, 5.74) is 2.54. The molecule has 0 unspecified atom stereocenters. The number of anilines is 1. The molecule has 6 nitrogen and oxygen atoms in total. The molecule has 0 saturated heterocycles. The minimum atomic E-state index is -0.304. The van der Waals surface area contributed by atoms with Gasteiger partial charge in [0.15, 0.2) is 10.8 Å². The summed E-state index contributed by atoms with van der Waals surface area (Å²) in [6.07, 6.45) is 1.47. The van der Waals surface area contributed by atoms with Crippen molar-refractivity contribution in [1.82, 2.24) is 19.9 Å². The molecule has 106 valence electrons. The second-order valence-corrected chi connectivity index (χ2v) is 5.14. The number of halogens is 2. The Kier molecular flexibility index (Phi) is 3.85. The Bertz CT molecular complexity index is 802. The van der Waals surface area contributed by atoms with Gasteiger partial charge in [0.2, 0.25) is 5.95 Å². The Morgan fingerprint density at radius 3 is 2.76 bits per heavy atom. The minimum Gasteiger partial charge on any atom is -0.341 e. The van der Waals surface area contributed by atoms with Gasteiger partial charge in [0.1, 0.15) is 5.52 Å². The number of nitrogens with zero attached hydrogens (tertiary/aromatic N) is 3. The van der Waals surface area contributed by atoms with Crippen molar-refractivity contribution in [3.63, 3.8) is 0 Å². The lowest BCUT2D eigenvalue weighted by Crippen LogP contribution is -2.14. The number of hydrogen-bond acceptors (Lipinski definition) is 4. The first-order chi connectivity index (χ1) is 10.2. The monoisotopic (exact) mass is 365 g/mol. The Labute approximate surface area is 133 Å². The zero-order valence-electron chi connectivity index (χ0n) is 10.6. The van der Waals surface area contributed by atoms with E-state index in [9.17, 15) is 4.79 Å². The first-order valence-electron chi connectivity index (χ1n) is 6.00. The fraction of sp³-hybridized carbons (Fsp3) is 0.0769. The third-order valence-electron chi connectivity index (χ3n) is 2.84. The molecular weight excluding hydrogens is 358 g/mol. The standard InChI is InChI=1S/C13H9BrClN5O/c14-5-7-1-3-8(4-2-7)12(21)20-13-18-10(15)9-11(19-13)17-6-16-9/h1-4,6H,5H2,(H2,16,17,18,19,20,21). The largest absolute Gasteiger partial charge is 0.341 e. The molecule has 0 fully saturated rings. The fourth-order valence-electron chi connectivity index (χ4n) is 1.77. The van der Waals surface area contributed by atoms with Crippen LogP contribution >= 0.6 is 27.5 Å². The summed E-state index contributed by atoms with van der Waals surface area (Å²) in [5.74, 6) is -0.184. The molecule has 0 aliphatic heterocycles. The van der Waals surface area contributed by atoms with Crippen molar-refractivity contribution in [2.24, 2.45) is 0 Å². The second kappa shape index (κ2) is 5.79. The van der Waals surface area contributed by atoms with Crippen molar-refractivity contribution >= 4 is 50.6 Å². The van der Waals surface area contributed by atoms with Gasteiger partial charge in [0.25, 0.3) is 5.91 Å². The quantitative estimate of drug-likeness (QED) is 0.551. The second-order valence-electron chi connectivity index (χ2n) is 4.22. The maximum absolute atomic E-state index is 12.1. The summed E-state index contributed by atoms with van der Waals surface area (Å²) >= 11 is 9.35. The highest BCUT2D eigenvalue weighted by Crippen LogP contribution is 2.18. The highest BCUT2D eigenvalue weighted by molar-refractivity contribution is 9.08. The highest BCUT2D eigenvalue weighted by Gasteiger charge is 2.12. The lowest BCUT2D eigenvalue weighted by Gasteiger charge is -2.05. The van der Waals surface area contributed by atoms with E-state index < -0.39 is 0 Å². The predicted octanol–water partition coefficient (Wildman–Crippen LogP) is 3.15. The van der Waals surface area contributed by atoms with Crippen LogP contribution in [0.1, 0.15) is 15.9 Å². The van der Waals surface area contributed by atoms with E-state index in [-0.39, 0.29) is 17.0 Å². The Hall–Kier alpha value is -1.99. The van der Waals surface area contributed by atoms with Gasteiger partial charge in [-0.2, -0.15) is 9.97 Å². The van der Waals surface area contributed by atoms with E-state index in [1.165, 1.54) is 6.33 Å². The van der Waals surface area contributed by atoms with Gasteiger partial charge in [0.05, 0.1) is 6.33 Å². The Morgan fingerprint density at radius 2 is 2.05 bits per heavy atom. The van der Waals surface area contributed by atoms with Gasteiger partial charge in [-0.25, -0.2) is 4.98 Å². The van der Waals surface area contributed by atoms with Crippen LogP contribution in [0.4, 0.5) is 5.95 Å². The number of nitrogens with one attached hydrogen (secondary N) is 2. The molecule has 0 bridgehead atoms. The van der Waals surface area contributed by atoms with Gasteiger partial charge in [-0.15, -0.1) is 0 Å². The molecule has 1 amide bonds. The Balaban J connectivity index is 1.84. The van der Waals surface area contributed by atoms with Crippen molar-refractivity contribution in [3.05, 3.63) is 46.9 Å². The molecule has 0 radical (unpaired) electrons. The number of carbonyl (C=O) groups is 1. The van der Waals surface area contributed by atoms with Crippen LogP contribution in [0.25, 0.3) is 11.2 Å². The van der Waals surface area contributed by atoms with E-state index in [0.717, 1.165) is 10.9 Å². The van der Waals surface area contributed by atoms with Gasteiger partial charge in [-0.3, -0.25) is 10.1 Å². The molecule has 2 aromatic heterocycles. The van der Waals surface area contributed by atoms with Crippen LogP contribution in [-0.2, 0) is 5.33 Å². The topological polar surface area (TPSA) is 83.6 Å². The smallest absolute Gasteiger partial charge is 0.258 e. The van der Waals surface area contributed by atoms with Crippen LogP contribution < -0.4 is 5.32 Å². The molecule has 8 heteroatoms. The minimum absolute atomic E-state index is 0.120. The van der Waals surface area contributed by atoms with Crippen molar-refractivity contribution in [1.29, 1.82) is 0 Å². The van der Waals surface area contributed by atoms with Gasteiger partial charge in [-0.05, 0) is 17.7 Å². The highest BCUT2D eigenvalue weighted by atomic mass is 79.9. The first kappa shape index (κ1) is 14.0. The predicted molar refractivity (Wildman–Crippen MR) is 83.7 cm³/mol. The van der Waals surface area contributed by atoms with Crippen molar-refractivity contribution in [2.75, 3.05) is 5.32 Å². The molecule has 2 heterocycles. The lowest BCUT2D eigenvalue weighted by molar-refractivity contribution is 0.102. The van der Waals surface area contributed by atoms with Crippen LogP contribution in [0.2, 0.25) is 5.15 Å². The van der Waals surface area contributed by atoms with Crippen LogP contribution in [0.5, 0.6) is 0 Å². The van der Waals surface area contributed by atoms with E-state index in [1.54, 1.807) is 12.1 Å². The molecular formula is C13H9BrClN5O. The van der Waals surface area contributed by atoms with Crippen LogP contribution in [0.15, 0.2) is 30.6 Å². The van der Waals surface area contributed by atoms with E-state index >= 15 is 0 Å². The van der Waals surface area contributed by atoms with E-state index in [2.05, 4.69) is 41.2 Å². The molecule has 1 aromatic carbocycles. The van der Waals surface area contributed by atoms with Gasteiger partial charge in [-0.1, -0.05) is 39.7 Å². The van der Waals surface area contributed by atoms with Crippen molar-refractivity contribution in [2.45, 2.75) is 5.33 Å². The Morgan fingerprint density at radius 1 is 1.29 bits per heavy atom. The van der Waals surface area contributed by atoms with Crippen molar-refractivity contribution in [3.8, 4) is 0 Å². The number of aromatic nitrogens is 4. The third kappa shape index (κ3) is 2.88. The number of aromatic amines is 1. The summed E-state index contributed by atoms with van der Waals surface area (Å²) in [6.45, 7) is 0. The maximum Gasteiger partial charge on any atom is 0.258 e. The number of H-pyrrole nitrogens is 1. The lowest BCUT2D eigenvalue weighted by atomic mass is 10.1. The van der Waals surface area contributed by atoms with Crippen molar-refractivity contribution < 1.29 is 4.79 Å². The first-order valence-corrected chi connectivity index (χ1v) is 7.50. The molecule has 21 heavy (non-hydrogen) atoms. The third-order valence-corrected chi connectivity index (χ3v) is 3.76. The van der Waals surface area contributed by atoms with E-state index in [1.807, 2.05) is 12.1 Å². The zero-order chi connectivity index (χ0) is 14.8. The molecule has 3 rings (SSSR count). The summed E-state index contributed by atoms with van der Waals surface area (Å²) in [4.78, 5) is 27.1. The maximum atomic E-state index is 12.1. The zero-order valence-corrected chi connectivity index (χ0v) is 12.9. The normalized spacial score (nSPS) is 10.8. The van der Waals surface area contributed by atoms with Gasteiger partial charge in [0, 0.05) is 10.9 Å². The molecule has 0 spiro atoms. The number of rotatable bonds is 3. The summed E-state index contributed by atoms with van der Waals surface area (Å²) < 4.78 is 0. The number of benzene rings is 1. The van der Waals surface area contributed by atoms with Gasteiger partial charge >= 0.3 is 0 Å². The number of amides is 1. The number of carbonyl (C=O) groups excluding carboxylic acids is 1. The van der Waals surface area contributed by atoms with E-state index in [0.29, 0.717) is 16.7 Å². The number of imidazole rings is 1. The SMILES string of the molecule is O=C(Nc1nc(Cl)c2[nH]cnc2n1)c1ccc(CBr)cc1. The van der Waals surface area contributed by atoms with Crippen LogP contribution in [0, 0.1) is 0 Å². The molecule has 3 aromatic rings. The molecule has 0 aliphatic carbocycles. The average Bonchev–Trinajstić information content (AvgIpc) is 2.96. The van der Waals surface area contributed by atoms with Gasteiger partial charge < -0.3 is 4.98 Å². The molecule has 2 N–H and O–H groups in total. The molecule has 0 saturated carbocycles. The number of hydrogen-bond donors (Lipinski definition) is 2. The number of fused-ring (bicyclic) bond motifs is 1. The average molecular weight is 367 g/mol.